The topological polar surface area (TPSA) is 27.8 Å². The number of piperidine rings is 1. The van der Waals surface area contributed by atoms with Gasteiger partial charge in [-0.15, -0.1) is 0 Å². The minimum absolute atomic E-state index is 0.00685. The Morgan fingerprint density at radius 2 is 2.38 bits per heavy atom. The lowest BCUT2D eigenvalue weighted by Crippen LogP contribution is -2.37. The number of halogens is 1. The van der Waals surface area contributed by atoms with E-state index in [1.807, 2.05) is 6.07 Å². The number of hydrogen-bond donors (Lipinski definition) is 2. The van der Waals surface area contributed by atoms with Crippen molar-refractivity contribution in [3.05, 3.63) is 24.0 Å². The minimum Gasteiger partial charge on any atom is -0.363 e. The van der Waals surface area contributed by atoms with Crippen molar-refractivity contribution in [1.29, 1.82) is 0 Å². The summed E-state index contributed by atoms with van der Waals surface area (Å²) in [5.74, 6) is 0. The lowest BCUT2D eigenvalue weighted by Gasteiger charge is -2.25. The number of aromatic amines is 1. The van der Waals surface area contributed by atoms with Gasteiger partial charge in [0, 0.05) is 12.2 Å². The zero-order valence-electron chi connectivity index (χ0n) is 7.59. The van der Waals surface area contributed by atoms with E-state index in [2.05, 4.69) is 10.3 Å². The van der Waals surface area contributed by atoms with Gasteiger partial charge in [0.05, 0.1) is 5.69 Å². The Morgan fingerprint density at radius 1 is 1.46 bits per heavy atom. The standard InChI is InChI=1S/C10H15FN2/c11-10(9-5-3-7-13-9)8-4-1-2-6-12-8/h3,5,7-8,10,12-13H,1-2,4,6H2. The molecule has 1 fully saturated rings. The molecule has 1 aromatic heterocycles. The van der Waals surface area contributed by atoms with Crippen LogP contribution in [-0.2, 0) is 0 Å². The first-order valence-corrected chi connectivity index (χ1v) is 4.88. The first-order valence-electron chi connectivity index (χ1n) is 4.88. The molecule has 1 aliphatic rings. The van der Waals surface area contributed by atoms with E-state index in [9.17, 15) is 4.39 Å². The molecule has 2 nitrogen and oxygen atoms in total. The molecule has 0 spiro atoms. The normalized spacial score (nSPS) is 25.8. The maximum absolute atomic E-state index is 13.8. The van der Waals surface area contributed by atoms with Gasteiger partial charge in [-0.2, -0.15) is 0 Å². The molecule has 1 saturated heterocycles. The summed E-state index contributed by atoms with van der Waals surface area (Å²) < 4.78 is 13.8. The van der Waals surface area contributed by atoms with Gasteiger partial charge in [-0.25, -0.2) is 4.39 Å². The fourth-order valence-corrected chi connectivity index (χ4v) is 1.86. The monoisotopic (exact) mass is 182 g/mol. The van der Waals surface area contributed by atoms with E-state index in [0.717, 1.165) is 19.4 Å². The Labute approximate surface area is 77.5 Å². The summed E-state index contributed by atoms with van der Waals surface area (Å²) in [7, 11) is 0. The highest BCUT2D eigenvalue weighted by molar-refractivity contribution is 5.09. The van der Waals surface area contributed by atoms with Gasteiger partial charge in [-0.05, 0) is 31.5 Å². The van der Waals surface area contributed by atoms with Crippen LogP contribution in [0.3, 0.4) is 0 Å². The number of alkyl halides is 1. The Kier molecular flexibility index (Phi) is 2.64. The summed E-state index contributed by atoms with van der Waals surface area (Å²) in [6, 6.07) is 3.65. The molecule has 2 atom stereocenters. The second-order valence-electron chi connectivity index (χ2n) is 3.58. The van der Waals surface area contributed by atoms with Crippen molar-refractivity contribution in [1.82, 2.24) is 10.3 Å². The summed E-state index contributed by atoms with van der Waals surface area (Å²) in [5, 5.41) is 3.21. The molecule has 0 saturated carbocycles. The Bertz CT molecular complexity index is 239. The zero-order valence-corrected chi connectivity index (χ0v) is 7.59. The van der Waals surface area contributed by atoms with Crippen molar-refractivity contribution in [2.24, 2.45) is 0 Å². The second-order valence-corrected chi connectivity index (χ2v) is 3.58. The molecule has 0 radical (unpaired) electrons. The van der Waals surface area contributed by atoms with Crippen LogP contribution < -0.4 is 5.32 Å². The predicted molar refractivity (Wildman–Crippen MR) is 50.3 cm³/mol. The molecule has 2 rings (SSSR count). The molecule has 0 amide bonds. The fraction of sp³-hybridized carbons (Fsp3) is 0.600. The molecule has 2 N–H and O–H groups in total. The molecule has 2 unspecified atom stereocenters. The average molecular weight is 182 g/mol. The van der Waals surface area contributed by atoms with Crippen LogP contribution >= 0.6 is 0 Å². The van der Waals surface area contributed by atoms with Crippen LogP contribution in [0.25, 0.3) is 0 Å². The van der Waals surface area contributed by atoms with Gasteiger partial charge in [0.15, 0.2) is 6.17 Å². The molecule has 3 heteroatoms. The zero-order chi connectivity index (χ0) is 9.10. The van der Waals surface area contributed by atoms with E-state index in [1.54, 1.807) is 12.3 Å². The van der Waals surface area contributed by atoms with Gasteiger partial charge in [0.1, 0.15) is 0 Å². The molecule has 0 bridgehead atoms. The molecule has 1 aromatic rings. The van der Waals surface area contributed by atoms with Crippen LogP contribution in [0.1, 0.15) is 31.1 Å². The maximum Gasteiger partial charge on any atom is 0.155 e. The Balaban J connectivity index is 1.99. The summed E-state index contributed by atoms with van der Waals surface area (Å²) in [4.78, 5) is 2.92. The van der Waals surface area contributed by atoms with Gasteiger partial charge in [-0.1, -0.05) is 6.42 Å². The van der Waals surface area contributed by atoms with E-state index in [0.29, 0.717) is 5.69 Å². The molecule has 72 valence electrons. The van der Waals surface area contributed by atoms with Crippen LogP contribution in [-0.4, -0.2) is 17.6 Å². The highest BCUT2D eigenvalue weighted by Gasteiger charge is 2.24. The molecular weight excluding hydrogens is 167 g/mol. The first kappa shape index (κ1) is 8.75. The van der Waals surface area contributed by atoms with Crippen LogP contribution in [0.4, 0.5) is 4.39 Å². The molecule has 2 heterocycles. The Hall–Kier alpha value is -0.830. The van der Waals surface area contributed by atoms with Crippen LogP contribution in [0.15, 0.2) is 18.3 Å². The van der Waals surface area contributed by atoms with E-state index in [4.69, 9.17) is 0 Å². The van der Waals surface area contributed by atoms with Crippen molar-refractivity contribution in [2.45, 2.75) is 31.5 Å². The van der Waals surface area contributed by atoms with Gasteiger partial charge in [0.2, 0.25) is 0 Å². The molecular formula is C10H15FN2. The number of nitrogens with one attached hydrogen (secondary N) is 2. The van der Waals surface area contributed by atoms with Crippen molar-refractivity contribution >= 4 is 0 Å². The largest absolute Gasteiger partial charge is 0.363 e. The second kappa shape index (κ2) is 3.92. The third-order valence-electron chi connectivity index (χ3n) is 2.62. The summed E-state index contributed by atoms with van der Waals surface area (Å²) in [5.41, 5.74) is 0.694. The third kappa shape index (κ3) is 1.91. The van der Waals surface area contributed by atoms with Gasteiger partial charge in [0.25, 0.3) is 0 Å². The van der Waals surface area contributed by atoms with Gasteiger partial charge >= 0.3 is 0 Å². The quantitative estimate of drug-likeness (QED) is 0.720. The number of rotatable bonds is 2. The molecule has 0 aliphatic carbocycles. The van der Waals surface area contributed by atoms with Gasteiger partial charge in [-0.3, -0.25) is 0 Å². The van der Waals surface area contributed by atoms with E-state index >= 15 is 0 Å². The predicted octanol–water partition coefficient (Wildman–Crippen LogP) is 2.17. The summed E-state index contributed by atoms with van der Waals surface area (Å²) in [6.07, 6.45) is 4.15. The van der Waals surface area contributed by atoms with Crippen molar-refractivity contribution in [2.75, 3.05) is 6.54 Å². The van der Waals surface area contributed by atoms with Crippen molar-refractivity contribution in [3.63, 3.8) is 0 Å². The van der Waals surface area contributed by atoms with E-state index in [1.165, 1.54) is 6.42 Å². The SMILES string of the molecule is FC(c1ccc[nH]1)C1CCCCN1. The Morgan fingerprint density at radius 3 is 3.00 bits per heavy atom. The minimum atomic E-state index is -0.879. The molecule has 1 aliphatic heterocycles. The van der Waals surface area contributed by atoms with Crippen molar-refractivity contribution in [3.8, 4) is 0 Å². The van der Waals surface area contributed by atoms with Gasteiger partial charge < -0.3 is 10.3 Å². The van der Waals surface area contributed by atoms with Crippen molar-refractivity contribution < 1.29 is 4.39 Å². The number of aromatic nitrogens is 1. The lowest BCUT2D eigenvalue weighted by molar-refractivity contribution is 0.217. The highest BCUT2D eigenvalue weighted by atomic mass is 19.1. The average Bonchev–Trinajstić information content (AvgIpc) is 2.71. The first-order chi connectivity index (χ1) is 6.38. The van der Waals surface area contributed by atoms with Crippen LogP contribution in [0.2, 0.25) is 0 Å². The smallest absolute Gasteiger partial charge is 0.155 e. The number of hydrogen-bond acceptors (Lipinski definition) is 1. The third-order valence-corrected chi connectivity index (χ3v) is 2.62. The summed E-state index contributed by atoms with van der Waals surface area (Å²) in [6.45, 7) is 0.950. The lowest BCUT2D eigenvalue weighted by atomic mass is 9.99. The highest BCUT2D eigenvalue weighted by Crippen LogP contribution is 2.24. The van der Waals surface area contributed by atoms with E-state index in [-0.39, 0.29) is 6.04 Å². The van der Waals surface area contributed by atoms with Crippen LogP contribution in [0, 0.1) is 0 Å². The number of H-pyrrole nitrogens is 1. The summed E-state index contributed by atoms with van der Waals surface area (Å²) >= 11 is 0. The fourth-order valence-electron chi connectivity index (χ4n) is 1.86. The molecule has 0 aromatic carbocycles. The van der Waals surface area contributed by atoms with E-state index < -0.39 is 6.17 Å². The molecule has 13 heavy (non-hydrogen) atoms. The maximum atomic E-state index is 13.8. The van der Waals surface area contributed by atoms with Crippen LogP contribution in [0.5, 0.6) is 0 Å².